The van der Waals surface area contributed by atoms with E-state index in [-0.39, 0.29) is 0 Å². The number of thioether (sulfide) groups is 1. The van der Waals surface area contributed by atoms with Crippen LogP contribution in [0.15, 0.2) is 16.6 Å². The number of fused-ring (bicyclic) bond motifs is 1. The topological polar surface area (TPSA) is 12.0 Å². The fourth-order valence-corrected chi connectivity index (χ4v) is 4.28. The molecule has 0 saturated heterocycles. The van der Waals surface area contributed by atoms with Gasteiger partial charge in [0.15, 0.2) is 0 Å². The number of hydrogen-bond acceptors (Lipinski definition) is 2. The third-order valence-corrected chi connectivity index (χ3v) is 4.96. The van der Waals surface area contributed by atoms with Crippen LogP contribution >= 0.6 is 39.3 Å². The molecule has 0 aliphatic carbocycles. The molecule has 4 heteroatoms. The Bertz CT molecular complexity index is 397. The van der Waals surface area contributed by atoms with E-state index in [0.717, 1.165) is 21.8 Å². The zero-order chi connectivity index (χ0) is 11.7. The largest absolute Gasteiger partial charge is 0.309 e. The molecule has 0 saturated carbocycles. The van der Waals surface area contributed by atoms with Crippen LogP contribution in [0.5, 0.6) is 0 Å². The van der Waals surface area contributed by atoms with Crippen LogP contribution < -0.4 is 5.32 Å². The summed E-state index contributed by atoms with van der Waals surface area (Å²) in [6.07, 6.45) is 0. The Hall–Kier alpha value is 0.300. The molecule has 0 bridgehead atoms. The average Bonchev–Trinajstić information content (AvgIpc) is 2.22. The molecule has 2 rings (SSSR count). The second-order valence-electron chi connectivity index (χ2n) is 4.01. The second-order valence-corrected chi connectivity index (χ2v) is 6.70. The smallest absolute Gasteiger partial charge is 0.0460 e. The molecule has 1 heterocycles. The predicted molar refractivity (Wildman–Crippen MR) is 76.3 cm³/mol. The van der Waals surface area contributed by atoms with Crippen molar-refractivity contribution in [1.29, 1.82) is 0 Å². The first-order valence-electron chi connectivity index (χ1n) is 5.46. The Balaban J connectivity index is 2.45. The normalized spacial score (nSPS) is 24.2. The summed E-state index contributed by atoms with van der Waals surface area (Å²) in [5.74, 6) is 1.02. The molecule has 1 aromatic rings. The maximum absolute atomic E-state index is 6.29. The van der Waals surface area contributed by atoms with E-state index >= 15 is 0 Å². The monoisotopic (exact) mass is 319 g/mol. The van der Waals surface area contributed by atoms with Gasteiger partial charge in [-0.15, -0.1) is 0 Å². The number of hydrogen-bond donors (Lipinski definition) is 1. The van der Waals surface area contributed by atoms with Gasteiger partial charge < -0.3 is 5.32 Å². The molecule has 0 spiro atoms. The van der Waals surface area contributed by atoms with E-state index in [4.69, 9.17) is 11.6 Å². The summed E-state index contributed by atoms with van der Waals surface area (Å²) in [6.45, 7) is 5.40. The van der Waals surface area contributed by atoms with Gasteiger partial charge in [0.05, 0.1) is 0 Å². The molecule has 0 aromatic heterocycles. The Morgan fingerprint density at radius 1 is 1.56 bits per heavy atom. The van der Waals surface area contributed by atoms with Crippen molar-refractivity contribution in [1.82, 2.24) is 5.32 Å². The van der Waals surface area contributed by atoms with Gasteiger partial charge in [-0.2, -0.15) is 11.8 Å². The van der Waals surface area contributed by atoms with Crippen LogP contribution in [-0.4, -0.2) is 11.8 Å². The van der Waals surface area contributed by atoms with Gasteiger partial charge in [0.2, 0.25) is 0 Å². The van der Waals surface area contributed by atoms with Gasteiger partial charge in [0, 0.05) is 26.5 Å². The van der Waals surface area contributed by atoms with Crippen molar-refractivity contribution in [3.63, 3.8) is 0 Å². The molecule has 1 aromatic carbocycles. The number of benzene rings is 1. The maximum Gasteiger partial charge on any atom is 0.0460 e. The lowest BCUT2D eigenvalue weighted by Crippen LogP contribution is -2.31. The first kappa shape index (κ1) is 12.7. The molecule has 1 N–H and O–H groups in total. The summed E-state index contributed by atoms with van der Waals surface area (Å²) in [5.41, 5.74) is 2.64. The molecule has 1 aliphatic rings. The molecule has 0 radical (unpaired) electrons. The van der Waals surface area contributed by atoms with Crippen molar-refractivity contribution in [2.45, 2.75) is 30.9 Å². The third kappa shape index (κ3) is 2.42. The van der Waals surface area contributed by atoms with Crippen molar-refractivity contribution < 1.29 is 0 Å². The Morgan fingerprint density at radius 2 is 2.31 bits per heavy atom. The van der Waals surface area contributed by atoms with Crippen molar-refractivity contribution in [2.24, 2.45) is 0 Å². The van der Waals surface area contributed by atoms with E-state index in [1.807, 2.05) is 17.8 Å². The fraction of sp³-hybridized carbons (Fsp3) is 0.500. The van der Waals surface area contributed by atoms with E-state index < -0.39 is 0 Å². The summed E-state index contributed by atoms with van der Waals surface area (Å²) in [6, 6.07) is 4.60. The van der Waals surface area contributed by atoms with Crippen molar-refractivity contribution in [3.8, 4) is 0 Å². The first-order chi connectivity index (χ1) is 7.63. The minimum Gasteiger partial charge on any atom is -0.309 e. The van der Waals surface area contributed by atoms with E-state index in [9.17, 15) is 0 Å². The summed E-state index contributed by atoms with van der Waals surface area (Å²) in [4.78, 5) is 0. The molecule has 2 unspecified atom stereocenters. The van der Waals surface area contributed by atoms with Gasteiger partial charge in [-0.05, 0) is 29.8 Å². The van der Waals surface area contributed by atoms with E-state index in [0.29, 0.717) is 11.3 Å². The van der Waals surface area contributed by atoms with Gasteiger partial charge in [-0.3, -0.25) is 0 Å². The van der Waals surface area contributed by atoms with Crippen LogP contribution in [0.2, 0.25) is 5.02 Å². The van der Waals surface area contributed by atoms with E-state index in [2.05, 4.69) is 41.2 Å². The van der Waals surface area contributed by atoms with Crippen LogP contribution in [0, 0.1) is 0 Å². The molecule has 2 atom stereocenters. The summed E-state index contributed by atoms with van der Waals surface area (Å²) < 4.78 is 1.07. The number of rotatable bonds is 2. The first-order valence-corrected chi connectivity index (χ1v) is 7.68. The van der Waals surface area contributed by atoms with Crippen molar-refractivity contribution >= 4 is 39.3 Å². The molecular formula is C12H15BrClNS. The average molecular weight is 321 g/mol. The predicted octanol–water partition coefficient (Wildman–Crippen LogP) is 4.39. The Kier molecular flexibility index (Phi) is 4.22. The summed E-state index contributed by atoms with van der Waals surface area (Å²) >= 11 is 11.8. The number of halogens is 2. The molecule has 1 aliphatic heterocycles. The van der Waals surface area contributed by atoms with Gasteiger partial charge in [0.1, 0.15) is 0 Å². The lowest BCUT2D eigenvalue weighted by Gasteiger charge is -2.32. The van der Waals surface area contributed by atoms with Gasteiger partial charge in [-0.1, -0.05) is 41.4 Å². The quantitative estimate of drug-likeness (QED) is 0.867. The molecule has 1 nitrogen and oxygen atoms in total. The van der Waals surface area contributed by atoms with Crippen molar-refractivity contribution in [2.75, 3.05) is 6.54 Å². The molecule has 88 valence electrons. The molecular weight excluding hydrogens is 306 g/mol. The van der Waals surface area contributed by atoms with Gasteiger partial charge in [-0.25, -0.2) is 0 Å². The van der Waals surface area contributed by atoms with Crippen LogP contribution in [0.4, 0.5) is 0 Å². The SMILES string of the molecule is CCNC1c2cc(Br)cc(Cl)c2CSC1C. The lowest BCUT2D eigenvalue weighted by atomic mass is 9.98. The lowest BCUT2D eigenvalue weighted by molar-refractivity contribution is 0.540. The highest BCUT2D eigenvalue weighted by Crippen LogP contribution is 2.41. The maximum atomic E-state index is 6.29. The highest BCUT2D eigenvalue weighted by atomic mass is 79.9. The summed E-state index contributed by atoms with van der Waals surface area (Å²) in [5, 5.41) is 5.02. The van der Waals surface area contributed by atoms with Crippen LogP contribution in [0.25, 0.3) is 0 Å². The van der Waals surface area contributed by atoms with Crippen LogP contribution in [-0.2, 0) is 5.75 Å². The molecule has 0 amide bonds. The minimum atomic E-state index is 0.411. The van der Waals surface area contributed by atoms with Crippen molar-refractivity contribution in [3.05, 3.63) is 32.8 Å². The highest BCUT2D eigenvalue weighted by molar-refractivity contribution is 9.10. The number of nitrogens with one attached hydrogen (secondary N) is 1. The van der Waals surface area contributed by atoms with E-state index in [1.165, 1.54) is 11.1 Å². The Morgan fingerprint density at radius 3 is 3.00 bits per heavy atom. The Labute approximate surface area is 114 Å². The van der Waals surface area contributed by atoms with Crippen LogP contribution in [0.3, 0.4) is 0 Å². The summed E-state index contributed by atoms with van der Waals surface area (Å²) in [7, 11) is 0. The van der Waals surface area contributed by atoms with Gasteiger partial charge >= 0.3 is 0 Å². The standard InChI is InChI=1S/C12H15BrClNS/c1-3-15-12-7(2)16-6-10-9(12)4-8(13)5-11(10)14/h4-5,7,12,15H,3,6H2,1-2H3. The fourth-order valence-electron chi connectivity index (χ4n) is 2.11. The molecule has 16 heavy (non-hydrogen) atoms. The van der Waals surface area contributed by atoms with Crippen LogP contribution in [0.1, 0.15) is 31.0 Å². The zero-order valence-electron chi connectivity index (χ0n) is 9.39. The zero-order valence-corrected chi connectivity index (χ0v) is 12.5. The van der Waals surface area contributed by atoms with Gasteiger partial charge in [0.25, 0.3) is 0 Å². The van der Waals surface area contributed by atoms with E-state index in [1.54, 1.807) is 0 Å². The second kappa shape index (κ2) is 5.30. The molecule has 0 fully saturated rings. The minimum absolute atomic E-state index is 0.411. The highest BCUT2D eigenvalue weighted by Gasteiger charge is 2.27. The third-order valence-electron chi connectivity index (χ3n) is 2.91.